The summed E-state index contributed by atoms with van der Waals surface area (Å²) in [5.41, 5.74) is 3.08. The van der Waals surface area contributed by atoms with Crippen molar-refractivity contribution in [3.63, 3.8) is 0 Å². The number of fused-ring (bicyclic) bond motifs is 1. The Bertz CT molecular complexity index is 1030. The molecule has 0 radical (unpaired) electrons. The summed E-state index contributed by atoms with van der Waals surface area (Å²) in [6.45, 7) is 0. The fraction of sp³-hybridized carbons (Fsp3) is 0. The Balaban J connectivity index is 2.09. The lowest BCUT2D eigenvalue weighted by Gasteiger charge is -2.14. The lowest BCUT2D eigenvalue weighted by Crippen LogP contribution is -2.33. The molecule has 4 heteroatoms. The lowest BCUT2D eigenvalue weighted by molar-refractivity contribution is -0.583. The van der Waals surface area contributed by atoms with Gasteiger partial charge in [-0.05, 0) is 35.3 Å². The summed E-state index contributed by atoms with van der Waals surface area (Å²) in [7, 11) is 0. The Kier molecular flexibility index (Phi) is 3.75. The molecule has 116 valence electrons. The first-order valence-corrected chi connectivity index (χ1v) is 8.37. The number of benzene rings is 3. The van der Waals surface area contributed by atoms with E-state index < -0.39 is 0 Å². The smallest absolute Gasteiger partial charge is 0.334 e. The molecule has 0 saturated carbocycles. The number of rotatable bonds is 2. The van der Waals surface area contributed by atoms with Crippen LogP contribution in [0, 0.1) is 5.21 Å². The van der Waals surface area contributed by atoms with E-state index in [9.17, 15) is 5.21 Å². The van der Waals surface area contributed by atoms with E-state index in [4.69, 9.17) is 0 Å². The Hall–Kier alpha value is -2.72. The number of nitrogens with zero attached hydrogens (tertiary/aromatic N) is 2. The summed E-state index contributed by atoms with van der Waals surface area (Å²) < 4.78 is 1.84. The maximum Gasteiger partial charge on any atom is 0.334 e. The van der Waals surface area contributed by atoms with Crippen molar-refractivity contribution in [2.75, 3.05) is 0 Å². The van der Waals surface area contributed by atoms with Gasteiger partial charge < -0.3 is 5.21 Å². The monoisotopic (exact) mass is 376 g/mol. The second-order valence-corrected chi connectivity index (χ2v) is 6.39. The van der Waals surface area contributed by atoms with Gasteiger partial charge in [-0.15, -0.1) is 0 Å². The number of hydrogen-bond donors (Lipinski definition) is 0. The van der Waals surface area contributed by atoms with Gasteiger partial charge in [0, 0.05) is 10.0 Å². The maximum absolute atomic E-state index is 13.1. The van der Waals surface area contributed by atoms with E-state index in [-0.39, 0.29) is 0 Å². The molecule has 0 aliphatic rings. The zero-order chi connectivity index (χ0) is 16.5. The van der Waals surface area contributed by atoms with Crippen LogP contribution < -0.4 is 4.73 Å². The third-order valence-corrected chi connectivity index (χ3v) is 4.40. The molecule has 0 unspecified atom stereocenters. The highest BCUT2D eigenvalue weighted by atomic mass is 79.9. The third kappa shape index (κ3) is 2.55. The summed E-state index contributed by atoms with van der Waals surface area (Å²) in [4.78, 5) is 4.60. The van der Waals surface area contributed by atoms with Gasteiger partial charge in [0.15, 0.2) is 5.52 Å². The van der Waals surface area contributed by atoms with Crippen LogP contribution in [-0.4, -0.2) is 4.98 Å². The van der Waals surface area contributed by atoms with Crippen LogP contribution in [0.1, 0.15) is 0 Å². The summed E-state index contributed by atoms with van der Waals surface area (Å²) in [6, 6.07) is 25.1. The third-order valence-electron chi connectivity index (χ3n) is 3.91. The van der Waals surface area contributed by atoms with Crippen LogP contribution in [0.15, 0.2) is 83.3 Å². The molecule has 0 spiro atoms. The van der Waals surface area contributed by atoms with Crippen molar-refractivity contribution in [1.29, 1.82) is 0 Å². The molecule has 0 bridgehead atoms. The van der Waals surface area contributed by atoms with Crippen molar-refractivity contribution < 1.29 is 4.73 Å². The summed E-state index contributed by atoms with van der Waals surface area (Å²) in [5.74, 6) is 0.397. The van der Waals surface area contributed by atoms with Gasteiger partial charge >= 0.3 is 5.82 Å². The molecule has 0 atom stereocenters. The molecule has 0 N–H and O–H groups in total. The average molecular weight is 377 g/mol. The number of hydrogen-bond acceptors (Lipinski definition) is 2. The second kappa shape index (κ2) is 6.06. The number of halogens is 1. The molecule has 3 nitrogen and oxygen atoms in total. The Labute approximate surface area is 147 Å². The van der Waals surface area contributed by atoms with E-state index in [1.54, 1.807) is 0 Å². The van der Waals surface area contributed by atoms with Crippen LogP contribution >= 0.6 is 15.9 Å². The molecule has 1 heterocycles. The quantitative estimate of drug-likeness (QED) is 0.366. The first-order chi connectivity index (χ1) is 11.7. The minimum absolute atomic E-state index is 0.397. The topological polar surface area (TPSA) is 39.8 Å². The molecule has 4 rings (SSSR count). The molecule has 3 aromatic carbocycles. The standard InChI is InChI=1S/C20H13BrN2O/c21-16-10-6-9-15(13-16)20-22-18-12-5-4-11-17(18)19(23(20)24)14-7-2-1-3-8-14/h1-13H. The molecule has 24 heavy (non-hydrogen) atoms. The van der Waals surface area contributed by atoms with Crippen LogP contribution in [0.25, 0.3) is 33.5 Å². The first-order valence-electron chi connectivity index (χ1n) is 7.58. The van der Waals surface area contributed by atoms with Crippen LogP contribution in [0.2, 0.25) is 0 Å². The molecule has 0 saturated heterocycles. The van der Waals surface area contributed by atoms with Crippen molar-refractivity contribution in [2.45, 2.75) is 0 Å². The Morgan fingerprint density at radius 2 is 1.50 bits per heavy atom. The zero-order valence-electron chi connectivity index (χ0n) is 12.7. The average Bonchev–Trinajstić information content (AvgIpc) is 2.62. The van der Waals surface area contributed by atoms with E-state index in [0.717, 1.165) is 31.2 Å². The van der Waals surface area contributed by atoms with Crippen LogP contribution in [-0.2, 0) is 0 Å². The van der Waals surface area contributed by atoms with E-state index in [1.165, 1.54) is 0 Å². The summed E-state index contributed by atoms with van der Waals surface area (Å²) in [5, 5.41) is 14.0. The Morgan fingerprint density at radius 3 is 2.29 bits per heavy atom. The lowest BCUT2D eigenvalue weighted by atomic mass is 10.1. The predicted molar refractivity (Wildman–Crippen MR) is 99.3 cm³/mol. The maximum atomic E-state index is 13.1. The van der Waals surface area contributed by atoms with Gasteiger partial charge in [0.05, 0.1) is 10.9 Å². The van der Waals surface area contributed by atoms with Crippen LogP contribution in [0.4, 0.5) is 0 Å². The van der Waals surface area contributed by atoms with Crippen molar-refractivity contribution >= 4 is 26.8 Å². The van der Waals surface area contributed by atoms with Crippen molar-refractivity contribution in [1.82, 2.24) is 4.98 Å². The van der Waals surface area contributed by atoms with Gasteiger partial charge in [-0.3, -0.25) is 0 Å². The second-order valence-electron chi connectivity index (χ2n) is 5.47. The molecule has 0 aliphatic heterocycles. The number of aromatic nitrogens is 2. The zero-order valence-corrected chi connectivity index (χ0v) is 14.3. The SMILES string of the molecule is [O-][n+]1c(-c2cccc(Br)c2)nc2ccccc2c1-c1ccccc1. The minimum atomic E-state index is 0.397. The summed E-state index contributed by atoms with van der Waals surface area (Å²) >= 11 is 3.46. The van der Waals surface area contributed by atoms with E-state index in [1.807, 2.05) is 78.9 Å². The number of para-hydroxylation sites is 1. The van der Waals surface area contributed by atoms with Gasteiger partial charge in [0.2, 0.25) is 0 Å². The molecular formula is C20H13BrN2O. The predicted octanol–water partition coefficient (Wildman–Crippen LogP) is 4.96. The molecule has 4 aromatic rings. The molecule has 1 aromatic heterocycles. The molecule has 0 aliphatic carbocycles. The van der Waals surface area contributed by atoms with E-state index >= 15 is 0 Å². The van der Waals surface area contributed by atoms with Crippen molar-refractivity contribution in [2.24, 2.45) is 0 Å². The van der Waals surface area contributed by atoms with Gasteiger partial charge in [0.1, 0.15) is 5.69 Å². The fourth-order valence-corrected chi connectivity index (χ4v) is 3.22. The van der Waals surface area contributed by atoms with Gasteiger partial charge in [0.25, 0.3) is 0 Å². The van der Waals surface area contributed by atoms with E-state index in [2.05, 4.69) is 20.9 Å². The summed E-state index contributed by atoms with van der Waals surface area (Å²) in [6.07, 6.45) is 0. The molecular weight excluding hydrogens is 364 g/mol. The fourth-order valence-electron chi connectivity index (χ4n) is 2.82. The van der Waals surface area contributed by atoms with Crippen LogP contribution in [0.3, 0.4) is 0 Å². The highest BCUT2D eigenvalue weighted by Crippen LogP contribution is 2.28. The first kappa shape index (κ1) is 14.8. The van der Waals surface area contributed by atoms with E-state index in [0.29, 0.717) is 11.5 Å². The molecule has 0 amide bonds. The molecule has 0 fully saturated rings. The Morgan fingerprint density at radius 1 is 0.792 bits per heavy atom. The normalized spacial score (nSPS) is 10.9. The van der Waals surface area contributed by atoms with Gasteiger partial charge in [-0.25, -0.2) is 4.73 Å². The van der Waals surface area contributed by atoms with Crippen LogP contribution in [0.5, 0.6) is 0 Å². The highest BCUT2D eigenvalue weighted by molar-refractivity contribution is 9.10. The minimum Gasteiger partial charge on any atom is -0.710 e. The van der Waals surface area contributed by atoms with Gasteiger partial charge in [-0.2, -0.15) is 0 Å². The van der Waals surface area contributed by atoms with Gasteiger partial charge in [-0.1, -0.05) is 64.5 Å². The largest absolute Gasteiger partial charge is 0.710 e. The van der Waals surface area contributed by atoms with Crippen molar-refractivity contribution in [3.8, 4) is 22.6 Å². The van der Waals surface area contributed by atoms with Crippen molar-refractivity contribution in [3.05, 3.63) is 88.5 Å². The highest BCUT2D eigenvalue weighted by Gasteiger charge is 2.20.